The van der Waals surface area contributed by atoms with Crippen molar-refractivity contribution in [3.63, 3.8) is 0 Å². The summed E-state index contributed by atoms with van der Waals surface area (Å²) in [5, 5.41) is 5.53. The molecule has 9 heteroatoms. The molecule has 8 nitrogen and oxygen atoms in total. The minimum Gasteiger partial charge on any atom is -0.382 e. The number of nitrogens with zero attached hydrogens (tertiary/aromatic N) is 1. The summed E-state index contributed by atoms with van der Waals surface area (Å²) in [4.78, 5) is 24.7. The number of amides is 3. The molecule has 0 bridgehead atoms. The lowest BCUT2D eigenvalue weighted by molar-refractivity contribution is -0.120. The summed E-state index contributed by atoms with van der Waals surface area (Å²) >= 11 is 0. The van der Waals surface area contributed by atoms with E-state index in [2.05, 4.69) is 10.6 Å². The second-order valence-electron chi connectivity index (χ2n) is 6.29. The van der Waals surface area contributed by atoms with Crippen LogP contribution >= 0.6 is 0 Å². The van der Waals surface area contributed by atoms with E-state index in [1.165, 1.54) is 4.90 Å². The van der Waals surface area contributed by atoms with Crippen molar-refractivity contribution >= 4 is 27.7 Å². The first kappa shape index (κ1) is 17.7. The van der Waals surface area contributed by atoms with Crippen LogP contribution in [0.15, 0.2) is 18.2 Å². The van der Waals surface area contributed by atoms with Crippen LogP contribution in [0.2, 0.25) is 0 Å². The highest BCUT2D eigenvalue weighted by atomic mass is 32.2. The molecule has 2 aliphatic heterocycles. The van der Waals surface area contributed by atoms with Gasteiger partial charge in [-0.25, -0.2) is 4.79 Å². The summed E-state index contributed by atoms with van der Waals surface area (Å²) in [6.45, 7) is 1.97. The van der Waals surface area contributed by atoms with E-state index in [9.17, 15) is 18.0 Å². The van der Waals surface area contributed by atoms with E-state index in [0.29, 0.717) is 5.69 Å². The van der Waals surface area contributed by atoms with Crippen LogP contribution in [0.4, 0.5) is 10.5 Å². The van der Waals surface area contributed by atoms with Gasteiger partial charge in [-0.2, -0.15) is 8.42 Å². The van der Waals surface area contributed by atoms with Crippen LogP contribution in [0, 0.1) is 0 Å². The number of hydrogen-bond acceptors (Lipinski definition) is 6. The first-order chi connectivity index (χ1) is 11.8. The molecular formula is C16H21N3O5S. The fourth-order valence-corrected chi connectivity index (χ4v) is 3.68. The van der Waals surface area contributed by atoms with Gasteiger partial charge in [-0.05, 0) is 43.5 Å². The summed E-state index contributed by atoms with van der Waals surface area (Å²) in [7, 11) is -3.70. The largest absolute Gasteiger partial charge is 0.382 e. The minimum atomic E-state index is -3.70. The highest BCUT2D eigenvalue weighted by molar-refractivity contribution is 7.86. The smallest absolute Gasteiger partial charge is 0.328 e. The number of carbonyl (C=O) groups excluding carboxylic acids is 2. The van der Waals surface area contributed by atoms with Crippen molar-refractivity contribution in [3.05, 3.63) is 23.8 Å². The lowest BCUT2D eigenvalue weighted by Crippen LogP contribution is -2.49. The highest BCUT2D eigenvalue weighted by Gasteiger charge is 2.27. The molecule has 1 aromatic rings. The zero-order valence-electron chi connectivity index (χ0n) is 13.9. The number of hydrogen-bond donors (Lipinski definition) is 2. The van der Waals surface area contributed by atoms with Crippen LogP contribution < -0.4 is 19.7 Å². The maximum atomic E-state index is 12.0. The van der Waals surface area contributed by atoms with Gasteiger partial charge >= 0.3 is 16.1 Å². The minimum absolute atomic E-state index is 0.198. The van der Waals surface area contributed by atoms with Gasteiger partial charge in [0.1, 0.15) is 5.75 Å². The van der Waals surface area contributed by atoms with Crippen LogP contribution in [-0.4, -0.2) is 46.2 Å². The third kappa shape index (κ3) is 4.29. The first-order valence-corrected chi connectivity index (χ1v) is 10.0. The zero-order valence-corrected chi connectivity index (χ0v) is 14.8. The summed E-state index contributed by atoms with van der Waals surface area (Å²) < 4.78 is 28.5. The van der Waals surface area contributed by atoms with Crippen molar-refractivity contribution in [2.24, 2.45) is 0 Å². The molecule has 1 aromatic carbocycles. The van der Waals surface area contributed by atoms with E-state index in [-0.39, 0.29) is 30.5 Å². The van der Waals surface area contributed by atoms with Gasteiger partial charge in [0.15, 0.2) is 0 Å². The van der Waals surface area contributed by atoms with Gasteiger partial charge in [0.25, 0.3) is 0 Å². The van der Waals surface area contributed by atoms with Gasteiger partial charge in [-0.15, -0.1) is 0 Å². The topological polar surface area (TPSA) is 105 Å². The Morgan fingerprint density at radius 3 is 2.56 bits per heavy atom. The second-order valence-corrected chi connectivity index (χ2v) is 7.86. The standard InChI is InChI=1S/C16H21N3O5S/c1-25(22,23)24-14-10-12(19-9-6-15(20)18-16(19)21)2-3-13(14)11-4-7-17-8-5-11/h2-3,10-11,17H,4-9H2,1H3,(H,18,20,21). The lowest BCUT2D eigenvalue weighted by Gasteiger charge is -2.29. The number of anilines is 1. The molecule has 0 unspecified atom stereocenters. The Morgan fingerprint density at radius 1 is 1.20 bits per heavy atom. The van der Waals surface area contributed by atoms with E-state index in [4.69, 9.17) is 4.18 Å². The Labute approximate surface area is 146 Å². The van der Waals surface area contributed by atoms with Crippen molar-refractivity contribution in [1.82, 2.24) is 10.6 Å². The number of rotatable bonds is 4. The fourth-order valence-electron chi connectivity index (χ4n) is 3.21. The summed E-state index contributed by atoms with van der Waals surface area (Å²) in [5.74, 6) is 0.126. The highest BCUT2D eigenvalue weighted by Crippen LogP contribution is 2.36. The number of carbonyl (C=O) groups is 2. The van der Waals surface area contributed by atoms with Crippen molar-refractivity contribution in [2.45, 2.75) is 25.2 Å². The SMILES string of the molecule is CS(=O)(=O)Oc1cc(N2CCC(=O)NC2=O)ccc1C1CCNCC1. The molecule has 0 atom stereocenters. The average molecular weight is 367 g/mol. The molecule has 0 aliphatic carbocycles. The molecule has 0 spiro atoms. The molecule has 2 aliphatic rings. The van der Waals surface area contributed by atoms with E-state index in [1.807, 2.05) is 6.07 Å². The fraction of sp³-hybridized carbons (Fsp3) is 0.500. The van der Waals surface area contributed by atoms with Crippen LogP contribution in [0.25, 0.3) is 0 Å². The maximum absolute atomic E-state index is 12.0. The van der Waals surface area contributed by atoms with E-state index < -0.39 is 16.1 Å². The maximum Gasteiger partial charge on any atom is 0.328 e. The molecule has 0 aromatic heterocycles. The van der Waals surface area contributed by atoms with Crippen molar-refractivity contribution in [1.29, 1.82) is 0 Å². The number of piperidine rings is 1. The Hall–Kier alpha value is -2.13. The van der Waals surface area contributed by atoms with Gasteiger partial charge in [0.05, 0.1) is 6.26 Å². The second kappa shape index (κ2) is 7.01. The van der Waals surface area contributed by atoms with Gasteiger partial charge in [0.2, 0.25) is 5.91 Å². The Kier molecular flexibility index (Phi) is 4.96. The summed E-state index contributed by atoms with van der Waals surface area (Å²) in [6.07, 6.45) is 2.97. The van der Waals surface area contributed by atoms with Gasteiger partial charge < -0.3 is 9.50 Å². The van der Waals surface area contributed by atoms with Crippen molar-refractivity contribution < 1.29 is 22.2 Å². The molecule has 0 radical (unpaired) electrons. The Balaban J connectivity index is 1.94. The molecule has 136 valence electrons. The molecule has 25 heavy (non-hydrogen) atoms. The van der Waals surface area contributed by atoms with Gasteiger partial charge in [-0.3, -0.25) is 15.0 Å². The first-order valence-electron chi connectivity index (χ1n) is 8.19. The number of imide groups is 1. The average Bonchev–Trinajstić information content (AvgIpc) is 2.54. The van der Waals surface area contributed by atoms with Gasteiger partial charge in [0, 0.05) is 24.7 Å². The Morgan fingerprint density at radius 2 is 1.92 bits per heavy atom. The molecular weight excluding hydrogens is 346 g/mol. The molecule has 3 amide bonds. The number of urea groups is 1. The molecule has 2 fully saturated rings. The van der Waals surface area contributed by atoms with Crippen LogP contribution in [0.3, 0.4) is 0 Å². The van der Waals surface area contributed by atoms with E-state index in [0.717, 1.165) is 37.8 Å². The third-order valence-electron chi connectivity index (χ3n) is 4.38. The molecule has 2 heterocycles. The molecule has 2 N–H and O–H groups in total. The molecule has 0 saturated carbocycles. The number of benzene rings is 1. The number of nitrogens with one attached hydrogen (secondary N) is 2. The third-order valence-corrected chi connectivity index (χ3v) is 4.87. The van der Waals surface area contributed by atoms with Crippen molar-refractivity contribution in [3.8, 4) is 5.75 Å². The summed E-state index contributed by atoms with van der Waals surface area (Å²) in [5.41, 5.74) is 1.32. The normalized spacial score (nSPS) is 19.6. The monoisotopic (exact) mass is 367 g/mol. The van der Waals surface area contributed by atoms with Crippen LogP contribution in [-0.2, 0) is 14.9 Å². The Bertz CT molecular complexity index is 787. The van der Waals surface area contributed by atoms with Crippen molar-refractivity contribution in [2.75, 3.05) is 30.8 Å². The van der Waals surface area contributed by atoms with Crippen LogP contribution in [0.1, 0.15) is 30.7 Å². The van der Waals surface area contributed by atoms with E-state index in [1.54, 1.807) is 12.1 Å². The summed E-state index contributed by atoms with van der Waals surface area (Å²) in [6, 6.07) is 4.63. The predicted octanol–water partition coefficient (Wildman–Crippen LogP) is 0.938. The van der Waals surface area contributed by atoms with Gasteiger partial charge in [-0.1, -0.05) is 6.07 Å². The van der Waals surface area contributed by atoms with Crippen LogP contribution in [0.5, 0.6) is 5.75 Å². The van der Waals surface area contributed by atoms with E-state index >= 15 is 0 Å². The lowest BCUT2D eigenvalue weighted by atomic mass is 9.89. The molecule has 3 rings (SSSR count). The molecule has 2 saturated heterocycles. The quantitative estimate of drug-likeness (QED) is 0.768. The predicted molar refractivity (Wildman–Crippen MR) is 92.3 cm³/mol. The zero-order chi connectivity index (χ0) is 18.0.